The van der Waals surface area contributed by atoms with E-state index in [0.717, 1.165) is 6.92 Å². The zero-order valence-electron chi connectivity index (χ0n) is 8.38. The number of carboxylic acids is 1. The van der Waals surface area contributed by atoms with Crippen molar-refractivity contribution in [2.45, 2.75) is 13.1 Å². The Bertz CT molecular complexity index is 419. The van der Waals surface area contributed by atoms with E-state index in [1.54, 1.807) is 6.07 Å². The molecular weight excluding hydrogens is 221 g/mol. The Labute approximate surface area is 90.0 Å². The Kier molecular flexibility index (Phi) is 3.37. The van der Waals surface area contributed by atoms with E-state index in [4.69, 9.17) is 5.11 Å². The second kappa shape index (κ2) is 4.38. The Hall–Kier alpha value is -1.78. The van der Waals surface area contributed by atoms with E-state index in [-0.39, 0.29) is 5.56 Å². The van der Waals surface area contributed by atoms with Crippen LogP contribution >= 0.6 is 0 Å². The van der Waals surface area contributed by atoms with Gasteiger partial charge in [0.15, 0.2) is 0 Å². The third-order valence-electron chi connectivity index (χ3n) is 2.04. The quantitative estimate of drug-likeness (QED) is 0.792. The number of allylic oxidation sites excluding steroid dienone is 1. The lowest BCUT2D eigenvalue weighted by atomic mass is 10.0. The Morgan fingerprint density at radius 1 is 1.19 bits per heavy atom. The molecule has 1 aromatic rings. The number of hydrogen-bond acceptors (Lipinski definition) is 1. The summed E-state index contributed by atoms with van der Waals surface area (Å²) in [6.45, 7) is 0.943. The van der Waals surface area contributed by atoms with Crippen molar-refractivity contribution in [1.82, 2.24) is 0 Å². The normalized spacial score (nSPS) is 13.2. The van der Waals surface area contributed by atoms with Gasteiger partial charge in [0.05, 0.1) is 5.57 Å². The summed E-state index contributed by atoms with van der Waals surface area (Å²) >= 11 is 0. The number of rotatable bonds is 2. The van der Waals surface area contributed by atoms with Crippen LogP contribution in [0.25, 0.3) is 5.57 Å². The van der Waals surface area contributed by atoms with Gasteiger partial charge in [-0.3, -0.25) is 0 Å². The molecule has 1 aromatic carbocycles. The van der Waals surface area contributed by atoms with Crippen LogP contribution in [0.3, 0.4) is 0 Å². The predicted octanol–water partition coefficient (Wildman–Crippen LogP) is 3.11. The first kappa shape index (κ1) is 12.3. The van der Waals surface area contributed by atoms with Crippen molar-refractivity contribution in [3.8, 4) is 0 Å². The van der Waals surface area contributed by atoms with E-state index < -0.39 is 23.3 Å². The SMILES string of the molecule is C/C(C(=O)O)=C(/c1ccccc1)C(F)(F)F. The van der Waals surface area contributed by atoms with Gasteiger partial charge in [-0.15, -0.1) is 0 Å². The van der Waals surface area contributed by atoms with Crippen LogP contribution in [0, 0.1) is 0 Å². The second-order valence-corrected chi connectivity index (χ2v) is 3.17. The van der Waals surface area contributed by atoms with E-state index in [1.807, 2.05) is 0 Å². The van der Waals surface area contributed by atoms with Crippen molar-refractivity contribution in [3.05, 3.63) is 41.5 Å². The zero-order valence-corrected chi connectivity index (χ0v) is 8.38. The van der Waals surface area contributed by atoms with Crippen molar-refractivity contribution < 1.29 is 23.1 Å². The first-order valence-corrected chi connectivity index (χ1v) is 4.41. The van der Waals surface area contributed by atoms with Crippen molar-refractivity contribution in [2.75, 3.05) is 0 Å². The molecule has 16 heavy (non-hydrogen) atoms. The largest absolute Gasteiger partial charge is 0.478 e. The number of benzene rings is 1. The Morgan fingerprint density at radius 3 is 2.06 bits per heavy atom. The van der Waals surface area contributed by atoms with E-state index in [0.29, 0.717) is 0 Å². The lowest BCUT2D eigenvalue weighted by Gasteiger charge is -2.13. The third-order valence-corrected chi connectivity index (χ3v) is 2.04. The van der Waals surface area contributed by atoms with E-state index in [9.17, 15) is 18.0 Å². The van der Waals surface area contributed by atoms with Gasteiger partial charge in [-0.05, 0) is 12.5 Å². The first-order valence-electron chi connectivity index (χ1n) is 4.41. The summed E-state index contributed by atoms with van der Waals surface area (Å²) < 4.78 is 38.1. The van der Waals surface area contributed by atoms with Crippen LogP contribution < -0.4 is 0 Å². The standard InChI is InChI=1S/C11H9F3O2/c1-7(10(15)16)9(11(12,13)14)8-5-3-2-4-6-8/h2-6H,1H3,(H,15,16)/b9-7+. The molecule has 0 aliphatic rings. The van der Waals surface area contributed by atoms with Gasteiger partial charge in [-0.1, -0.05) is 30.3 Å². The van der Waals surface area contributed by atoms with Gasteiger partial charge in [-0.25, -0.2) is 4.79 Å². The monoisotopic (exact) mass is 230 g/mol. The van der Waals surface area contributed by atoms with Crippen LogP contribution in [0.4, 0.5) is 13.2 Å². The molecule has 5 heteroatoms. The molecule has 0 saturated carbocycles. The highest BCUT2D eigenvalue weighted by atomic mass is 19.4. The van der Waals surface area contributed by atoms with Crippen LogP contribution in [0.5, 0.6) is 0 Å². The number of halogens is 3. The minimum Gasteiger partial charge on any atom is -0.478 e. The number of alkyl halides is 3. The van der Waals surface area contributed by atoms with E-state index >= 15 is 0 Å². The van der Waals surface area contributed by atoms with Crippen LogP contribution in [0.1, 0.15) is 12.5 Å². The van der Waals surface area contributed by atoms with E-state index in [1.165, 1.54) is 24.3 Å². The summed E-state index contributed by atoms with van der Waals surface area (Å²) in [6, 6.07) is 6.88. The van der Waals surface area contributed by atoms with Crippen LogP contribution in [-0.4, -0.2) is 17.3 Å². The second-order valence-electron chi connectivity index (χ2n) is 3.17. The highest BCUT2D eigenvalue weighted by molar-refractivity contribution is 5.96. The van der Waals surface area contributed by atoms with E-state index in [2.05, 4.69) is 0 Å². The molecule has 2 nitrogen and oxygen atoms in total. The Morgan fingerprint density at radius 2 is 1.69 bits per heavy atom. The molecule has 0 saturated heterocycles. The fourth-order valence-corrected chi connectivity index (χ4v) is 1.30. The Balaban J connectivity index is 3.40. The number of carbonyl (C=O) groups is 1. The fraction of sp³-hybridized carbons (Fsp3) is 0.182. The molecule has 0 heterocycles. The maximum Gasteiger partial charge on any atom is 0.417 e. The fourth-order valence-electron chi connectivity index (χ4n) is 1.30. The van der Waals surface area contributed by atoms with Crippen LogP contribution in [0.15, 0.2) is 35.9 Å². The molecule has 0 amide bonds. The van der Waals surface area contributed by atoms with Crippen molar-refractivity contribution in [3.63, 3.8) is 0 Å². The zero-order chi connectivity index (χ0) is 12.3. The minimum absolute atomic E-state index is 0.144. The van der Waals surface area contributed by atoms with Crippen LogP contribution in [-0.2, 0) is 4.79 Å². The highest BCUT2D eigenvalue weighted by Crippen LogP contribution is 2.36. The van der Waals surface area contributed by atoms with Gasteiger partial charge in [0.25, 0.3) is 0 Å². The summed E-state index contributed by atoms with van der Waals surface area (Å²) in [4.78, 5) is 10.6. The average Bonchev–Trinajstić information content (AvgIpc) is 2.17. The first-order chi connectivity index (χ1) is 7.34. The molecule has 0 atom stereocenters. The van der Waals surface area contributed by atoms with Crippen molar-refractivity contribution >= 4 is 11.5 Å². The molecule has 0 unspecified atom stereocenters. The molecule has 0 spiro atoms. The van der Waals surface area contributed by atoms with Crippen LogP contribution in [0.2, 0.25) is 0 Å². The molecule has 0 radical (unpaired) electrons. The molecule has 0 aliphatic carbocycles. The lowest BCUT2D eigenvalue weighted by Crippen LogP contribution is -2.15. The van der Waals surface area contributed by atoms with Crippen molar-refractivity contribution in [1.29, 1.82) is 0 Å². The predicted molar refractivity (Wildman–Crippen MR) is 52.7 cm³/mol. The summed E-state index contributed by atoms with van der Waals surface area (Å²) in [5.74, 6) is -1.57. The molecule has 0 aromatic heterocycles. The average molecular weight is 230 g/mol. The lowest BCUT2D eigenvalue weighted by molar-refractivity contribution is -0.133. The summed E-state index contributed by atoms with van der Waals surface area (Å²) in [5.41, 5.74) is -1.96. The number of carboxylic acid groups (broad SMARTS) is 1. The molecule has 0 fully saturated rings. The molecule has 86 valence electrons. The minimum atomic E-state index is -4.68. The maximum atomic E-state index is 12.7. The van der Waals surface area contributed by atoms with Gasteiger partial charge < -0.3 is 5.11 Å². The summed E-state index contributed by atoms with van der Waals surface area (Å²) in [6.07, 6.45) is -4.68. The molecule has 0 aliphatic heterocycles. The van der Waals surface area contributed by atoms with Gasteiger partial charge in [0, 0.05) is 5.57 Å². The number of hydrogen-bond donors (Lipinski definition) is 1. The topological polar surface area (TPSA) is 37.3 Å². The van der Waals surface area contributed by atoms with Gasteiger partial charge in [0.1, 0.15) is 0 Å². The highest BCUT2D eigenvalue weighted by Gasteiger charge is 2.37. The van der Waals surface area contributed by atoms with Gasteiger partial charge >= 0.3 is 12.1 Å². The van der Waals surface area contributed by atoms with Crippen molar-refractivity contribution in [2.24, 2.45) is 0 Å². The van der Waals surface area contributed by atoms with Gasteiger partial charge in [-0.2, -0.15) is 13.2 Å². The van der Waals surface area contributed by atoms with Gasteiger partial charge in [0.2, 0.25) is 0 Å². The third kappa shape index (κ3) is 2.62. The smallest absolute Gasteiger partial charge is 0.417 e. The molecular formula is C11H9F3O2. The summed E-state index contributed by atoms with van der Waals surface area (Å²) in [7, 11) is 0. The number of aliphatic carboxylic acids is 1. The molecule has 1 rings (SSSR count). The molecule has 1 N–H and O–H groups in total. The maximum absolute atomic E-state index is 12.7. The molecule has 0 bridgehead atoms. The summed E-state index contributed by atoms with van der Waals surface area (Å²) in [5, 5.41) is 8.62.